The topological polar surface area (TPSA) is 88.2 Å². The molecule has 0 aromatic carbocycles. The Morgan fingerprint density at radius 2 is 2.47 bits per heavy atom. The zero-order valence-corrected chi connectivity index (χ0v) is 11.0. The third kappa shape index (κ3) is 3.64. The lowest BCUT2D eigenvalue weighted by molar-refractivity contribution is 0.102. The van der Waals surface area contributed by atoms with Crippen molar-refractivity contribution in [3.05, 3.63) is 27.7 Å². The number of carbonyl (C=O) groups is 1. The molecule has 0 saturated carbocycles. The summed E-state index contributed by atoms with van der Waals surface area (Å²) in [7, 11) is 0. The summed E-state index contributed by atoms with van der Waals surface area (Å²) in [4.78, 5) is 16.5. The van der Waals surface area contributed by atoms with Gasteiger partial charge in [0.2, 0.25) is 0 Å². The van der Waals surface area contributed by atoms with Crippen LogP contribution in [-0.4, -0.2) is 27.8 Å². The monoisotopic (exact) mass is 277 g/mol. The first-order valence-electron chi connectivity index (χ1n) is 5.49. The molecule has 2 N–H and O–H groups in total. The van der Waals surface area contributed by atoms with Gasteiger partial charge in [-0.2, -0.15) is 4.98 Å². The molecule has 7 heteroatoms. The van der Waals surface area contributed by atoms with Crippen LogP contribution in [0.3, 0.4) is 0 Å². The number of hydrogen-bond acceptors (Lipinski definition) is 6. The summed E-state index contributed by atoms with van der Waals surface area (Å²) in [6.07, 6.45) is 0.417. The number of amides is 1. The van der Waals surface area contributed by atoms with E-state index in [2.05, 4.69) is 27.3 Å². The van der Waals surface area contributed by atoms with Crippen molar-refractivity contribution in [3.8, 4) is 11.8 Å². The number of carbonyl (C=O) groups excluding carboxylic acids is 1. The van der Waals surface area contributed by atoms with E-state index in [-0.39, 0.29) is 18.5 Å². The fourth-order valence-corrected chi connectivity index (χ4v) is 2.00. The maximum atomic E-state index is 11.8. The van der Waals surface area contributed by atoms with Gasteiger partial charge in [-0.1, -0.05) is 17.0 Å². The lowest BCUT2D eigenvalue weighted by atomic mass is 10.3. The average molecular weight is 277 g/mol. The van der Waals surface area contributed by atoms with Crippen molar-refractivity contribution in [2.75, 3.05) is 11.9 Å². The van der Waals surface area contributed by atoms with E-state index in [0.29, 0.717) is 17.8 Å². The zero-order chi connectivity index (χ0) is 13.7. The molecular weight excluding hydrogens is 266 g/mol. The second-order valence-electron chi connectivity index (χ2n) is 3.58. The van der Waals surface area contributed by atoms with Gasteiger partial charge < -0.3 is 9.63 Å². The summed E-state index contributed by atoms with van der Waals surface area (Å²) < 4.78 is 4.80. The van der Waals surface area contributed by atoms with E-state index < -0.39 is 0 Å². The Kier molecular flexibility index (Phi) is 4.28. The van der Waals surface area contributed by atoms with Crippen LogP contribution in [0.5, 0.6) is 0 Å². The fraction of sp³-hybridized carbons (Fsp3) is 0.250. The Bertz CT molecular complexity index is 636. The highest BCUT2D eigenvalue weighted by molar-refractivity contribution is 7.10. The molecule has 0 saturated heterocycles. The van der Waals surface area contributed by atoms with Crippen LogP contribution < -0.4 is 5.32 Å². The molecule has 0 aliphatic carbocycles. The maximum Gasteiger partial charge on any atom is 0.328 e. The highest BCUT2D eigenvalue weighted by Crippen LogP contribution is 2.15. The first-order valence-corrected chi connectivity index (χ1v) is 6.37. The van der Waals surface area contributed by atoms with Crippen molar-refractivity contribution >= 4 is 23.3 Å². The molecule has 2 aromatic heterocycles. The van der Waals surface area contributed by atoms with Gasteiger partial charge >= 0.3 is 6.01 Å². The summed E-state index contributed by atoms with van der Waals surface area (Å²) in [5.41, 5.74) is 0.481. The molecule has 0 fully saturated rings. The lowest BCUT2D eigenvalue weighted by Crippen LogP contribution is -2.10. The average Bonchev–Trinajstić information content (AvgIpc) is 2.99. The van der Waals surface area contributed by atoms with Crippen LogP contribution in [0, 0.1) is 18.8 Å². The predicted molar refractivity (Wildman–Crippen MR) is 69.9 cm³/mol. The SMILES string of the molecule is Cc1noc(NC(=O)c2csc(C#CCCO)c2)n1. The third-order valence-corrected chi connectivity index (χ3v) is 2.90. The molecule has 2 rings (SSSR count). The van der Waals surface area contributed by atoms with Crippen LogP contribution in [-0.2, 0) is 0 Å². The number of aliphatic hydroxyl groups is 1. The summed E-state index contributed by atoms with van der Waals surface area (Å²) in [5, 5.41) is 16.4. The summed E-state index contributed by atoms with van der Waals surface area (Å²) in [6, 6.07) is 1.75. The van der Waals surface area contributed by atoms with E-state index >= 15 is 0 Å². The van der Waals surface area contributed by atoms with Crippen LogP contribution in [0.1, 0.15) is 27.5 Å². The molecule has 0 radical (unpaired) electrons. The van der Waals surface area contributed by atoms with E-state index in [4.69, 9.17) is 9.63 Å². The molecule has 19 heavy (non-hydrogen) atoms. The number of hydrogen-bond donors (Lipinski definition) is 2. The van der Waals surface area contributed by atoms with Crippen molar-refractivity contribution in [2.24, 2.45) is 0 Å². The highest BCUT2D eigenvalue weighted by Gasteiger charge is 2.11. The van der Waals surface area contributed by atoms with Gasteiger partial charge in [0.05, 0.1) is 17.0 Å². The Labute approximate surface area is 113 Å². The molecular formula is C12H11N3O3S. The van der Waals surface area contributed by atoms with Crippen molar-refractivity contribution in [2.45, 2.75) is 13.3 Å². The van der Waals surface area contributed by atoms with E-state index in [1.54, 1.807) is 18.4 Å². The van der Waals surface area contributed by atoms with Crippen LogP contribution in [0.2, 0.25) is 0 Å². The lowest BCUT2D eigenvalue weighted by Gasteiger charge is -1.95. The van der Waals surface area contributed by atoms with Crippen LogP contribution >= 0.6 is 11.3 Å². The van der Waals surface area contributed by atoms with Gasteiger partial charge in [0, 0.05) is 11.8 Å². The minimum Gasteiger partial charge on any atom is -0.395 e. The maximum absolute atomic E-state index is 11.8. The number of thiophene rings is 1. The zero-order valence-electron chi connectivity index (χ0n) is 10.1. The van der Waals surface area contributed by atoms with Crippen LogP contribution in [0.25, 0.3) is 0 Å². The van der Waals surface area contributed by atoms with Gasteiger partial charge in [0.1, 0.15) is 0 Å². The molecule has 1 amide bonds. The van der Waals surface area contributed by atoms with Gasteiger partial charge in [-0.05, 0) is 13.0 Å². The van der Waals surface area contributed by atoms with Crippen molar-refractivity contribution in [3.63, 3.8) is 0 Å². The molecule has 0 atom stereocenters. The summed E-state index contributed by atoms with van der Waals surface area (Å²) in [6.45, 7) is 1.70. The number of aromatic nitrogens is 2. The van der Waals surface area contributed by atoms with E-state index in [1.807, 2.05) is 0 Å². The standard InChI is InChI=1S/C12H11N3O3S/c1-8-13-12(18-15-8)14-11(17)9-6-10(19-7-9)4-2-3-5-16/h6-7,16H,3,5H2,1H3,(H,13,14,15,17). The van der Waals surface area contributed by atoms with Gasteiger partial charge in [0.15, 0.2) is 5.82 Å². The summed E-state index contributed by atoms with van der Waals surface area (Å²) in [5.74, 6) is 5.79. The molecule has 6 nitrogen and oxygen atoms in total. The van der Waals surface area contributed by atoms with Gasteiger partial charge in [-0.15, -0.1) is 11.3 Å². The molecule has 2 aromatic rings. The number of nitrogens with zero attached hydrogens (tertiary/aromatic N) is 2. The highest BCUT2D eigenvalue weighted by atomic mass is 32.1. The smallest absolute Gasteiger partial charge is 0.328 e. The molecule has 0 aliphatic rings. The van der Waals surface area contributed by atoms with Crippen molar-refractivity contribution in [1.82, 2.24) is 10.1 Å². The first kappa shape index (κ1) is 13.3. The molecule has 0 bridgehead atoms. The number of aryl methyl sites for hydroxylation is 1. The van der Waals surface area contributed by atoms with Gasteiger partial charge in [0.25, 0.3) is 5.91 Å². The van der Waals surface area contributed by atoms with Crippen LogP contribution in [0.4, 0.5) is 6.01 Å². The molecule has 0 aliphatic heterocycles. The van der Waals surface area contributed by atoms with E-state index in [0.717, 1.165) is 4.88 Å². The number of aliphatic hydroxyl groups excluding tert-OH is 1. The number of anilines is 1. The molecule has 0 unspecified atom stereocenters. The Hall–Kier alpha value is -2.17. The Morgan fingerprint density at radius 3 is 3.16 bits per heavy atom. The molecule has 0 spiro atoms. The second kappa shape index (κ2) is 6.13. The normalized spacial score (nSPS) is 9.79. The fourth-order valence-electron chi connectivity index (χ4n) is 1.24. The minimum atomic E-state index is -0.324. The molecule has 2 heterocycles. The van der Waals surface area contributed by atoms with E-state index in [1.165, 1.54) is 11.3 Å². The molecule has 98 valence electrons. The van der Waals surface area contributed by atoms with Crippen LogP contribution in [0.15, 0.2) is 16.0 Å². The van der Waals surface area contributed by atoms with E-state index in [9.17, 15) is 4.79 Å². The van der Waals surface area contributed by atoms with Gasteiger partial charge in [-0.3, -0.25) is 10.1 Å². The van der Waals surface area contributed by atoms with Gasteiger partial charge in [-0.25, -0.2) is 0 Å². The largest absolute Gasteiger partial charge is 0.395 e. The number of nitrogens with one attached hydrogen (secondary N) is 1. The van der Waals surface area contributed by atoms with Crippen molar-refractivity contribution in [1.29, 1.82) is 0 Å². The Balaban J connectivity index is 2.02. The first-order chi connectivity index (χ1) is 9.19. The second-order valence-corrected chi connectivity index (χ2v) is 4.49. The third-order valence-electron chi connectivity index (χ3n) is 2.06. The summed E-state index contributed by atoms with van der Waals surface area (Å²) >= 11 is 1.36. The number of rotatable bonds is 3. The quantitative estimate of drug-likeness (QED) is 0.828. The Morgan fingerprint density at radius 1 is 1.63 bits per heavy atom. The van der Waals surface area contributed by atoms with Crippen molar-refractivity contribution < 1.29 is 14.4 Å². The minimum absolute atomic E-state index is 0.0300. The predicted octanol–water partition coefficient (Wildman–Crippen LogP) is 1.43.